The molecule has 2 rings (SSSR count). The molecular formula is C17H28N4O2. The van der Waals surface area contributed by atoms with Gasteiger partial charge in [0, 0.05) is 24.3 Å². The SMILES string of the molecule is CCCN1CC[C@@H](CNC(=O)NCc2c(C)cc(C)[nH]c2=O)C1. The molecule has 6 nitrogen and oxygen atoms in total. The van der Waals surface area contributed by atoms with Crippen LogP contribution in [0.3, 0.4) is 0 Å². The monoisotopic (exact) mass is 320 g/mol. The van der Waals surface area contributed by atoms with E-state index in [9.17, 15) is 9.59 Å². The minimum atomic E-state index is -0.210. The number of urea groups is 1. The second kappa shape index (κ2) is 8.15. The van der Waals surface area contributed by atoms with Gasteiger partial charge in [0.05, 0.1) is 6.54 Å². The highest BCUT2D eigenvalue weighted by atomic mass is 16.2. The maximum absolute atomic E-state index is 11.9. The van der Waals surface area contributed by atoms with Gasteiger partial charge in [0.2, 0.25) is 0 Å². The molecule has 0 aliphatic carbocycles. The summed E-state index contributed by atoms with van der Waals surface area (Å²) in [5.41, 5.74) is 2.21. The number of carbonyl (C=O) groups excluding carboxylic acids is 1. The van der Waals surface area contributed by atoms with Crippen molar-refractivity contribution < 1.29 is 4.79 Å². The fourth-order valence-corrected chi connectivity index (χ4v) is 3.17. The molecule has 0 bridgehead atoms. The lowest BCUT2D eigenvalue weighted by Gasteiger charge is -2.15. The number of nitrogens with one attached hydrogen (secondary N) is 3. The van der Waals surface area contributed by atoms with Crippen LogP contribution in [-0.4, -0.2) is 42.1 Å². The highest BCUT2D eigenvalue weighted by Gasteiger charge is 2.21. The van der Waals surface area contributed by atoms with Crippen LogP contribution < -0.4 is 16.2 Å². The van der Waals surface area contributed by atoms with E-state index in [0.717, 1.165) is 37.3 Å². The highest BCUT2D eigenvalue weighted by molar-refractivity contribution is 5.73. The number of aromatic amines is 1. The van der Waals surface area contributed by atoms with Crippen molar-refractivity contribution >= 4 is 6.03 Å². The molecule has 23 heavy (non-hydrogen) atoms. The van der Waals surface area contributed by atoms with Crippen LogP contribution in [-0.2, 0) is 6.54 Å². The van der Waals surface area contributed by atoms with Crippen molar-refractivity contribution in [1.82, 2.24) is 20.5 Å². The predicted octanol–water partition coefficient (Wildman–Crippen LogP) is 1.52. The van der Waals surface area contributed by atoms with Crippen molar-refractivity contribution in [3.05, 3.63) is 33.2 Å². The summed E-state index contributed by atoms with van der Waals surface area (Å²) in [6.07, 6.45) is 2.31. The molecule has 0 unspecified atom stereocenters. The zero-order valence-corrected chi connectivity index (χ0v) is 14.4. The first kappa shape index (κ1) is 17.5. The summed E-state index contributed by atoms with van der Waals surface area (Å²) < 4.78 is 0. The Hall–Kier alpha value is -1.82. The van der Waals surface area contributed by atoms with E-state index in [4.69, 9.17) is 0 Å². The van der Waals surface area contributed by atoms with Gasteiger partial charge in [0.25, 0.3) is 5.56 Å². The van der Waals surface area contributed by atoms with E-state index < -0.39 is 0 Å². The van der Waals surface area contributed by atoms with Crippen LogP contribution in [0.25, 0.3) is 0 Å². The van der Waals surface area contributed by atoms with Crippen molar-refractivity contribution in [3.63, 3.8) is 0 Å². The fourth-order valence-electron chi connectivity index (χ4n) is 3.17. The van der Waals surface area contributed by atoms with Crippen LogP contribution in [0.5, 0.6) is 0 Å². The van der Waals surface area contributed by atoms with Gasteiger partial charge in [-0.25, -0.2) is 4.79 Å². The first-order valence-electron chi connectivity index (χ1n) is 8.43. The summed E-state index contributed by atoms with van der Waals surface area (Å²) in [5, 5.41) is 5.70. The average Bonchev–Trinajstić information content (AvgIpc) is 2.92. The van der Waals surface area contributed by atoms with E-state index in [2.05, 4.69) is 27.4 Å². The minimum absolute atomic E-state index is 0.131. The molecule has 3 N–H and O–H groups in total. The predicted molar refractivity (Wildman–Crippen MR) is 91.6 cm³/mol. The molecular weight excluding hydrogens is 292 g/mol. The van der Waals surface area contributed by atoms with Crippen molar-refractivity contribution in [2.24, 2.45) is 5.92 Å². The van der Waals surface area contributed by atoms with Crippen LogP contribution in [0.2, 0.25) is 0 Å². The lowest BCUT2D eigenvalue weighted by molar-refractivity contribution is 0.238. The third-order valence-electron chi connectivity index (χ3n) is 4.38. The van der Waals surface area contributed by atoms with Crippen molar-refractivity contribution in [1.29, 1.82) is 0 Å². The van der Waals surface area contributed by atoms with Gasteiger partial charge in [0.1, 0.15) is 0 Å². The molecule has 1 fully saturated rings. The Morgan fingerprint density at radius 2 is 2.17 bits per heavy atom. The lowest BCUT2D eigenvalue weighted by Crippen LogP contribution is -2.39. The van der Waals surface area contributed by atoms with Crippen LogP contribution >= 0.6 is 0 Å². The van der Waals surface area contributed by atoms with Gasteiger partial charge in [-0.1, -0.05) is 6.92 Å². The summed E-state index contributed by atoms with van der Waals surface area (Å²) in [6.45, 7) is 10.2. The second-order valence-electron chi connectivity index (χ2n) is 6.46. The van der Waals surface area contributed by atoms with Crippen LogP contribution in [0.15, 0.2) is 10.9 Å². The third kappa shape index (κ3) is 5.10. The smallest absolute Gasteiger partial charge is 0.315 e. The van der Waals surface area contributed by atoms with Gasteiger partial charge in [0.15, 0.2) is 0 Å². The first-order chi connectivity index (χ1) is 11.0. The summed E-state index contributed by atoms with van der Waals surface area (Å²) in [7, 11) is 0. The molecule has 2 heterocycles. The van der Waals surface area contributed by atoms with Gasteiger partial charge in [-0.05, 0) is 57.3 Å². The topological polar surface area (TPSA) is 77.2 Å². The van der Waals surface area contributed by atoms with E-state index in [-0.39, 0.29) is 18.1 Å². The first-order valence-corrected chi connectivity index (χ1v) is 8.43. The van der Waals surface area contributed by atoms with E-state index in [1.54, 1.807) is 0 Å². The molecule has 6 heteroatoms. The van der Waals surface area contributed by atoms with Crippen molar-refractivity contribution in [3.8, 4) is 0 Å². The average molecular weight is 320 g/mol. The second-order valence-corrected chi connectivity index (χ2v) is 6.46. The molecule has 0 radical (unpaired) electrons. The maximum Gasteiger partial charge on any atom is 0.315 e. The van der Waals surface area contributed by atoms with Gasteiger partial charge >= 0.3 is 6.03 Å². The summed E-state index contributed by atoms with van der Waals surface area (Å²) in [6, 6.07) is 1.70. The summed E-state index contributed by atoms with van der Waals surface area (Å²) in [4.78, 5) is 29.0. The highest BCUT2D eigenvalue weighted by Crippen LogP contribution is 2.15. The van der Waals surface area contributed by atoms with Crippen molar-refractivity contribution in [2.45, 2.75) is 40.2 Å². The van der Waals surface area contributed by atoms with Crippen LogP contribution in [0.1, 0.15) is 36.6 Å². The normalized spacial score (nSPS) is 18.1. The van der Waals surface area contributed by atoms with E-state index in [0.29, 0.717) is 18.0 Å². The molecule has 1 saturated heterocycles. The number of H-pyrrole nitrogens is 1. The Morgan fingerprint density at radius 1 is 1.39 bits per heavy atom. The number of aryl methyl sites for hydroxylation is 2. The molecule has 128 valence electrons. The molecule has 1 atom stereocenters. The van der Waals surface area contributed by atoms with Crippen molar-refractivity contribution in [2.75, 3.05) is 26.2 Å². The number of amides is 2. The summed E-state index contributed by atoms with van der Waals surface area (Å²) >= 11 is 0. The van der Waals surface area contributed by atoms with Gasteiger partial charge < -0.3 is 20.5 Å². The van der Waals surface area contributed by atoms with Crippen LogP contribution in [0, 0.1) is 19.8 Å². The Morgan fingerprint density at radius 3 is 2.87 bits per heavy atom. The lowest BCUT2D eigenvalue weighted by atomic mass is 10.1. The number of pyridine rings is 1. The number of rotatable bonds is 6. The van der Waals surface area contributed by atoms with E-state index in [1.165, 1.54) is 6.42 Å². The Kier molecular flexibility index (Phi) is 6.21. The van der Waals surface area contributed by atoms with Gasteiger partial charge in [-0.15, -0.1) is 0 Å². The van der Waals surface area contributed by atoms with E-state index in [1.807, 2.05) is 19.9 Å². The fraction of sp³-hybridized carbons (Fsp3) is 0.647. The van der Waals surface area contributed by atoms with Gasteiger partial charge in [-0.3, -0.25) is 4.79 Å². The Labute approximate surface area is 137 Å². The molecule has 1 aliphatic heterocycles. The number of hydrogen-bond acceptors (Lipinski definition) is 3. The Bertz CT molecular complexity index is 597. The Balaban J connectivity index is 1.75. The number of hydrogen-bond donors (Lipinski definition) is 3. The summed E-state index contributed by atoms with van der Waals surface area (Å²) in [5.74, 6) is 0.525. The number of carbonyl (C=O) groups is 1. The molecule has 1 aliphatic rings. The van der Waals surface area contributed by atoms with E-state index >= 15 is 0 Å². The molecule has 1 aromatic heterocycles. The van der Waals surface area contributed by atoms with Gasteiger partial charge in [-0.2, -0.15) is 0 Å². The molecule has 0 aromatic carbocycles. The zero-order chi connectivity index (χ0) is 16.8. The third-order valence-corrected chi connectivity index (χ3v) is 4.38. The maximum atomic E-state index is 11.9. The number of aromatic nitrogens is 1. The quantitative estimate of drug-likeness (QED) is 0.744. The molecule has 0 spiro atoms. The molecule has 2 amide bonds. The number of nitrogens with zero attached hydrogens (tertiary/aromatic N) is 1. The minimum Gasteiger partial charge on any atom is -0.338 e. The largest absolute Gasteiger partial charge is 0.338 e. The number of likely N-dealkylation sites (tertiary alicyclic amines) is 1. The standard InChI is InChI=1S/C17H28N4O2/c1-4-6-21-7-5-14(11-21)9-18-17(23)19-10-15-12(2)8-13(3)20-16(15)22/h8,14H,4-7,9-11H2,1-3H3,(H,20,22)(H2,18,19,23)/t14-/m0/s1. The molecule has 0 saturated carbocycles. The zero-order valence-electron chi connectivity index (χ0n) is 14.4. The van der Waals surface area contributed by atoms with Crippen LogP contribution in [0.4, 0.5) is 4.79 Å². The molecule has 1 aromatic rings.